The van der Waals surface area contributed by atoms with Crippen LogP contribution in [-0.2, 0) is 10.6 Å². The molecule has 0 aliphatic heterocycles. The highest BCUT2D eigenvalue weighted by atomic mass is 35.5. The summed E-state index contributed by atoms with van der Waals surface area (Å²) in [7, 11) is 0. The minimum absolute atomic E-state index is 0.0721. The van der Waals surface area contributed by atoms with Gasteiger partial charge in [0.15, 0.2) is 0 Å². The van der Waals surface area contributed by atoms with Crippen LogP contribution in [0.4, 0.5) is 8.78 Å². The number of halogens is 4. The van der Waals surface area contributed by atoms with Crippen LogP contribution >= 0.6 is 23.2 Å². The van der Waals surface area contributed by atoms with Crippen molar-refractivity contribution in [2.24, 2.45) is 0 Å². The average Bonchev–Trinajstić information content (AvgIpc) is 2.28. The predicted octanol–water partition coefficient (Wildman–Crippen LogP) is 3.59. The average molecular weight is 284 g/mol. The smallest absolute Gasteiger partial charge is 0.338 e. The molecule has 94 valence electrons. The third kappa shape index (κ3) is 3.26. The van der Waals surface area contributed by atoms with Gasteiger partial charge in [-0.3, -0.25) is 0 Å². The van der Waals surface area contributed by atoms with E-state index in [1.54, 1.807) is 6.92 Å². The maximum Gasteiger partial charge on any atom is 0.338 e. The molecule has 0 atom stereocenters. The van der Waals surface area contributed by atoms with Gasteiger partial charge >= 0.3 is 5.97 Å². The summed E-state index contributed by atoms with van der Waals surface area (Å²) in [5.41, 5.74) is -0.458. The molecule has 0 aliphatic rings. The highest BCUT2D eigenvalue weighted by Crippen LogP contribution is 2.26. The molecule has 0 N–H and O–H groups in total. The van der Waals surface area contributed by atoms with E-state index in [0.29, 0.717) is 0 Å². The third-order valence-electron chi connectivity index (χ3n) is 1.95. The molecule has 0 bridgehead atoms. The fourth-order valence-corrected chi connectivity index (χ4v) is 1.79. The van der Waals surface area contributed by atoms with Crippen LogP contribution in [0.5, 0.6) is 0 Å². The molecule has 1 rings (SSSR count). The van der Waals surface area contributed by atoms with E-state index < -0.39 is 18.1 Å². The van der Waals surface area contributed by atoms with Gasteiger partial charge in [0.1, 0.15) is 10.8 Å². The van der Waals surface area contributed by atoms with E-state index in [2.05, 4.69) is 4.98 Å². The van der Waals surface area contributed by atoms with E-state index in [4.69, 9.17) is 27.9 Å². The predicted molar refractivity (Wildman–Crippen MR) is 59.7 cm³/mol. The van der Waals surface area contributed by atoms with Crippen LogP contribution in [0.15, 0.2) is 6.07 Å². The van der Waals surface area contributed by atoms with Gasteiger partial charge in [-0.1, -0.05) is 11.6 Å². The number of carbonyl (C=O) groups is 1. The van der Waals surface area contributed by atoms with Gasteiger partial charge in [-0.15, -0.1) is 11.6 Å². The van der Waals surface area contributed by atoms with Crippen molar-refractivity contribution in [3.63, 3.8) is 0 Å². The van der Waals surface area contributed by atoms with Crippen LogP contribution in [0.25, 0.3) is 0 Å². The van der Waals surface area contributed by atoms with E-state index in [1.807, 2.05) is 0 Å². The van der Waals surface area contributed by atoms with Crippen LogP contribution in [0.3, 0.4) is 0 Å². The lowest BCUT2D eigenvalue weighted by atomic mass is 10.1. The summed E-state index contributed by atoms with van der Waals surface area (Å²) in [5.74, 6) is -0.849. The fraction of sp³-hybridized carbons (Fsp3) is 0.400. The van der Waals surface area contributed by atoms with Gasteiger partial charge in [-0.2, -0.15) is 0 Å². The Hall–Kier alpha value is -0.940. The standard InChI is InChI=1S/C10H9Cl2F2NO2/c1-2-17-10(16)5-3-7(9(13)14)15-8(12)6(5)4-11/h3,9H,2,4H2,1H3. The molecule has 0 saturated heterocycles. The number of rotatable bonds is 4. The Morgan fingerprint density at radius 3 is 2.71 bits per heavy atom. The van der Waals surface area contributed by atoms with Crippen molar-refractivity contribution in [2.75, 3.05) is 6.61 Å². The summed E-state index contributed by atoms with van der Waals surface area (Å²) < 4.78 is 29.7. The molecule has 3 nitrogen and oxygen atoms in total. The minimum atomic E-state index is -2.81. The molecule has 0 amide bonds. The largest absolute Gasteiger partial charge is 0.462 e. The van der Waals surface area contributed by atoms with Crippen molar-refractivity contribution >= 4 is 29.2 Å². The van der Waals surface area contributed by atoms with Crippen molar-refractivity contribution < 1.29 is 18.3 Å². The van der Waals surface area contributed by atoms with Crippen molar-refractivity contribution in [2.45, 2.75) is 19.2 Å². The molecule has 1 heterocycles. The summed E-state index contributed by atoms with van der Waals surface area (Å²) in [6, 6.07) is 0.951. The number of ether oxygens (including phenoxy) is 1. The van der Waals surface area contributed by atoms with Crippen molar-refractivity contribution in [3.8, 4) is 0 Å². The first-order chi connectivity index (χ1) is 8.01. The van der Waals surface area contributed by atoms with Crippen molar-refractivity contribution in [3.05, 3.63) is 28.0 Å². The number of carbonyl (C=O) groups excluding carboxylic acids is 1. The number of aromatic nitrogens is 1. The lowest BCUT2D eigenvalue weighted by Gasteiger charge is -2.10. The molecule has 7 heteroatoms. The quantitative estimate of drug-likeness (QED) is 0.482. The number of esters is 1. The summed E-state index contributed by atoms with van der Waals surface area (Å²) in [6.45, 7) is 1.74. The molecule has 0 saturated carbocycles. The first kappa shape index (κ1) is 14.1. The first-order valence-electron chi connectivity index (χ1n) is 4.71. The molecule has 17 heavy (non-hydrogen) atoms. The van der Waals surface area contributed by atoms with Gasteiger partial charge in [0.25, 0.3) is 6.43 Å². The van der Waals surface area contributed by atoms with Gasteiger partial charge in [0.2, 0.25) is 0 Å². The Balaban J connectivity index is 3.28. The fourth-order valence-electron chi connectivity index (χ4n) is 1.19. The number of hydrogen-bond donors (Lipinski definition) is 0. The number of nitrogens with zero attached hydrogens (tertiary/aromatic N) is 1. The topological polar surface area (TPSA) is 39.2 Å². The second-order valence-corrected chi connectivity index (χ2v) is 3.64. The molecule has 1 aromatic rings. The molecular formula is C10H9Cl2F2NO2. The highest BCUT2D eigenvalue weighted by Gasteiger charge is 2.21. The molecule has 0 fully saturated rings. The Kier molecular flexibility index (Phi) is 5.08. The van der Waals surface area contributed by atoms with Crippen LogP contribution in [0, 0.1) is 0 Å². The Bertz CT molecular complexity index is 427. The zero-order valence-corrected chi connectivity index (χ0v) is 10.4. The number of pyridine rings is 1. The van der Waals surface area contributed by atoms with Crippen LogP contribution in [0.1, 0.15) is 35.0 Å². The van der Waals surface area contributed by atoms with Gasteiger partial charge in [0, 0.05) is 5.56 Å². The van der Waals surface area contributed by atoms with E-state index in [0.717, 1.165) is 6.07 Å². The zero-order chi connectivity index (χ0) is 13.0. The molecule has 0 radical (unpaired) electrons. The molecule has 0 unspecified atom stereocenters. The van der Waals surface area contributed by atoms with Gasteiger partial charge in [-0.05, 0) is 13.0 Å². The van der Waals surface area contributed by atoms with E-state index in [-0.39, 0.29) is 28.8 Å². The first-order valence-corrected chi connectivity index (χ1v) is 5.63. The Labute approximate surface area is 107 Å². The summed E-state index contributed by atoms with van der Waals surface area (Å²) in [5, 5.41) is -0.208. The summed E-state index contributed by atoms with van der Waals surface area (Å²) in [4.78, 5) is 15.0. The number of hydrogen-bond acceptors (Lipinski definition) is 3. The molecule has 0 aromatic carbocycles. The van der Waals surface area contributed by atoms with E-state index in [9.17, 15) is 13.6 Å². The van der Waals surface area contributed by atoms with E-state index in [1.165, 1.54) is 0 Å². The van der Waals surface area contributed by atoms with Crippen LogP contribution in [-0.4, -0.2) is 17.6 Å². The van der Waals surface area contributed by atoms with Crippen LogP contribution in [0.2, 0.25) is 5.15 Å². The normalized spacial score (nSPS) is 10.7. The van der Waals surface area contributed by atoms with Crippen molar-refractivity contribution in [1.82, 2.24) is 4.98 Å². The monoisotopic (exact) mass is 283 g/mol. The lowest BCUT2D eigenvalue weighted by molar-refractivity contribution is 0.0524. The highest BCUT2D eigenvalue weighted by molar-refractivity contribution is 6.31. The maximum atomic E-state index is 12.5. The lowest BCUT2D eigenvalue weighted by Crippen LogP contribution is -2.10. The van der Waals surface area contributed by atoms with E-state index >= 15 is 0 Å². The van der Waals surface area contributed by atoms with Gasteiger partial charge in [0.05, 0.1) is 18.1 Å². The second-order valence-electron chi connectivity index (χ2n) is 3.02. The third-order valence-corrected chi connectivity index (χ3v) is 2.53. The van der Waals surface area contributed by atoms with Gasteiger partial charge < -0.3 is 4.74 Å². The molecule has 1 aromatic heterocycles. The molecule has 0 spiro atoms. The molecule has 0 aliphatic carbocycles. The minimum Gasteiger partial charge on any atom is -0.462 e. The second kappa shape index (κ2) is 6.12. The zero-order valence-electron chi connectivity index (χ0n) is 8.84. The molecular weight excluding hydrogens is 275 g/mol. The Morgan fingerprint density at radius 1 is 1.59 bits per heavy atom. The maximum absolute atomic E-state index is 12.5. The Morgan fingerprint density at radius 2 is 2.24 bits per heavy atom. The number of alkyl halides is 3. The summed E-state index contributed by atoms with van der Waals surface area (Å²) >= 11 is 11.3. The van der Waals surface area contributed by atoms with Crippen LogP contribution < -0.4 is 0 Å². The summed E-state index contributed by atoms with van der Waals surface area (Å²) in [6.07, 6.45) is -2.81. The van der Waals surface area contributed by atoms with Crippen molar-refractivity contribution in [1.29, 1.82) is 0 Å². The SMILES string of the molecule is CCOC(=O)c1cc(C(F)F)nc(Cl)c1CCl. The van der Waals surface area contributed by atoms with Gasteiger partial charge in [-0.25, -0.2) is 18.6 Å².